The number of amides is 1. The van der Waals surface area contributed by atoms with E-state index in [-0.39, 0.29) is 11.8 Å². The van der Waals surface area contributed by atoms with Gasteiger partial charge in [-0.05, 0) is 49.2 Å². The van der Waals surface area contributed by atoms with Crippen molar-refractivity contribution in [1.82, 2.24) is 9.88 Å². The van der Waals surface area contributed by atoms with Crippen LogP contribution in [-0.4, -0.2) is 62.2 Å². The third-order valence-corrected chi connectivity index (χ3v) is 6.27. The largest absolute Gasteiger partial charge is 0.497 e. The second-order valence-electron chi connectivity index (χ2n) is 8.17. The number of anilines is 2. The van der Waals surface area contributed by atoms with Crippen molar-refractivity contribution in [3.8, 4) is 5.75 Å². The maximum absolute atomic E-state index is 13.0. The van der Waals surface area contributed by atoms with Gasteiger partial charge in [-0.3, -0.25) is 4.79 Å². The Morgan fingerprint density at radius 2 is 1.59 bits per heavy atom. The molecule has 172 valence electrons. The summed E-state index contributed by atoms with van der Waals surface area (Å²) in [6.07, 6.45) is -2.16. The normalized spacial score (nSPS) is 18.1. The summed E-state index contributed by atoms with van der Waals surface area (Å²) in [6.45, 7) is 4.16. The molecule has 0 aliphatic carbocycles. The summed E-state index contributed by atoms with van der Waals surface area (Å²) in [5, 5.41) is 0. The zero-order chi connectivity index (χ0) is 22.7. The van der Waals surface area contributed by atoms with Crippen LogP contribution < -0.4 is 14.5 Å². The first kappa shape index (κ1) is 22.2. The number of aromatic nitrogens is 1. The molecule has 0 spiro atoms. The molecule has 4 rings (SSSR count). The molecule has 2 saturated heterocycles. The highest BCUT2D eigenvalue weighted by Gasteiger charge is 2.33. The molecule has 1 aromatic carbocycles. The highest BCUT2D eigenvalue weighted by atomic mass is 19.4. The number of hydrogen-bond acceptors (Lipinski definition) is 5. The van der Waals surface area contributed by atoms with Gasteiger partial charge in [0.05, 0.1) is 12.7 Å². The lowest BCUT2D eigenvalue weighted by Crippen LogP contribution is -2.51. The molecule has 9 heteroatoms. The van der Waals surface area contributed by atoms with Crippen molar-refractivity contribution < 1.29 is 22.7 Å². The number of ether oxygens (including phenoxy) is 1. The minimum absolute atomic E-state index is 0.0479. The van der Waals surface area contributed by atoms with Gasteiger partial charge in [0, 0.05) is 57.1 Å². The zero-order valence-electron chi connectivity index (χ0n) is 18.0. The van der Waals surface area contributed by atoms with Crippen LogP contribution in [0, 0.1) is 5.92 Å². The van der Waals surface area contributed by atoms with Gasteiger partial charge in [0.25, 0.3) is 0 Å². The number of carbonyl (C=O) groups excluding carboxylic acids is 1. The number of methoxy groups -OCH3 is 1. The smallest absolute Gasteiger partial charge is 0.417 e. The SMILES string of the molecule is COc1ccc(N2CCN(C(=O)C3CCN(c4ccc(C(F)(F)F)cn4)CC3)CC2)cc1. The molecule has 0 atom stereocenters. The second-order valence-corrected chi connectivity index (χ2v) is 8.17. The molecule has 0 N–H and O–H groups in total. The molecule has 0 unspecified atom stereocenters. The van der Waals surface area contributed by atoms with Gasteiger partial charge in [-0.15, -0.1) is 0 Å². The fourth-order valence-corrected chi connectivity index (χ4v) is 4.33. The van der Waals surface area contributed by atoms with E-state index in [0.717, 1.165) is 36.8 Å². The van der Waals surface area contributed by atoms with Gasteiger partial charge in [-0.1, -0.05) is 0 Å². The molecule has 6 nitrogen and oxygen atoms in total. The summed E-state index contributed by atoms with van der Waals surface area (Å²) in [7, 11) is 1.64. The number of benzene rings is 1. The van der Waals surface area contributed by atoms with Gasteiger partial charge in [-0.2, -0.15) is 13.2 Å². The van der Waals surface area contributed by atoms with E-state index >= 15 is 0 Å². The Labute approximate surface area is 185 Å². The molecule has 2 fully saturated rings. The summed E-state index contributed by atoms with van der Waals surface area (Å²) in [6, 6.07) is 10.4. The quantitative estimate of drug-likeness (QED) is 0.714. The Morgan fingerprint density at radius 3 is 2.12 bits per heavy atom. The second kappa shape index (κ2) is 9.26. The predicted octanol–water partition coefficient (Wildman–Crippen LogP) is 3.67. The lowest BCUT2D eigenvalue weighted by Gasteiger charge is -2.39. The Balaban J connectivity index is 1.26. The van der Waals surface area contributed by atoms with Crippen LogP contribution in [0.5, 0.6) is 5.75 Å². The van der Waals surface area contributed by atoms with Crippen molar-refractivity contribution in [3.63, 3.8) is 0 Å². The van der Waals surface area contributed by atoms with Crippen LogP contribution in [0.2, 0.25) is 0 Å². The van der Waals surface area contributed by atoms with Crippen LogP contribution in [0.3, 0.4) is 0 Å². The van der Waals surface area contributed by atoms with Crippen molar-refractivity contribution in [2.24, 2.45) is 5.92 Å². The third kappa shape index (κ3) is 4.92. The van der Waals surface area contributed by atoms with Gasteiger partial charge in [0.2, 0.25) is 5.91 Å². The molecule has 0 bridgehead atoms. The number of rotatable bonds is 4. The number of pyridine rings is 1. The first-order valence-electron chi connectivity index (χ1n) is 10.8. The molecule has 1 amide bonds. The molecular weight excluding hydrogens is 421 g/mol. The van der Waals surface area contributed by atoms with Gasteiger partial charge in [0.1, 0.15) is 11.6 Å². The van der Waals surface area contributed by atoms with Crippen LogP contribution in [0.25, 0.3) is 0 Å². The summed E-state index contributed by atoms with van der Waals surface area (Å²) in [5.74, 6) is 1.48. The maximum Gasteiger partial charge on any atom is 0.417 e. The minimum Gasteiger partial charge on any atom is -0.497 e. The third-order valence-electron chi connectivity index (χ3n) is 6.27. The van der Waals surface area contributed by atoms with Crippen molar-refractivity contribution >= 4 is 17.4 Å². The standard InChI is InChI=1S/C23H27F3N4O2/c1-32-20-5-3-19(4-6-20)28-12-14-30(15-13-28)22(31)17-8-10-29(11-9-17)21-7-2-18(16-27-21)23(24,25)26/h2-7,16-17H,8-15H2,1H3. The van der Waals surface area contributed by atoms with E-state index in [1.54, 1.807) is 7.11 Å². The fraction of sp³-hybridized carbons (Fsp3) is 0.478. The predicted molar refractivity (Wildman–Crippen MR) is 116 cm³/mol. The van der Waals surface area contributed by atoms with Crippen LogP contribution in [0.15, 0.2) is 42.6 Å². The van der Waals surface area contributed by atoms with Gasteiger partial charge in [-0.25, -0.2) is 4.98 Å². The average molecular weight is 448 g/mol. The Kier molecular flexibility index (Phi) is 6.43. The number of alkyl halides is 3. The number of piperazine rings is 1. The lowest BCUT2D eigenvalue weighted by atomic mass is 9.95. The minimum atomic E-state index is -4.39. The molecule has 2 aromatic rings. The van der Waals surface area contributed by atoms with Crippen molar-refractivity contribution in [2.45, 2.75) is 19.0 Å². The number of hydrogen-bond donors (Lipinski definition) is 0. The molecule has 1 aromatic heterocycles. The highest BCUT2D eigenvalue weighted by molar-refractivity contribution is 5.79. The molecule has 0 radical (unpaired) electrons. The van der Waals surface area contributed by atoms with Crippen LogP contribution in [-0.2, 0) is 11.0 Å². The van der Waals surface area contributed by atoms with Crippen molar-refractivity contribution in [1.29, 1.82) is 0 Å². The van der Waals surface area contributed by atoms with E-state index in [1.807, 2.05) is 34.1 Å². The summed E-state index contributed by atoms with van der Waals surface area (Å²) < 4.78 is 43.4. The topological polar surface area (TPSA) is 48.9 Å². The number of halogens is 3. The maximum atomic E-state index is 13.0. The molecule has 32 heavy (non-hydrogen) atoms. The Hall–Kier alpha value is -2.97. The van der Waals surface area contributed by atoms with E-state index in [0.29, 0.717) is 44.8 Å². The molecule has 3 heterocycles. The zero-order valence-corrected chi connectivity index (χ0v) is 18.0. The number of piperidine rings is 1. The van der Waals surface area contributed by atoms with Crippen LogP contribution in [0.1, 0.15) is 18.4 Å². The Bertz CT molecular complexity index is 902. The summed E-state index contributed by atoms with van der Waals surface area (Å²) in [4.78, 5) is 23.1. The van der Waals surface area contributed by atoms with E-state index in [2.05, 4.69) is 9.88 Å². The number of carbonyl (C=O) groups is 1. The van der Waals surface area contributed by atoms with Gasteiger partial charge >= 0.3 is 6.18 Å². The number of nitrogens with zero attached hydrogens (tertiary/aromatic N) is 4. The van der Waals surface area contributed by atoms with E-state index in [4.69, 9.17) is 4.74 Å². The molecule has 0 saturated carbocycles. The first-order valence-corrected chi connectivity index (χ1v) is 10.8. The van der Waals surface area contributed by atoms with Crippen molar-refractivity contribution in [2.75, 3.05) is 56.2 Å². The van der Waals surface area contributed by atoms with E-state index in [1.165, 1.54) is 6.07 Å². The fourth-order valence-electron chi connectivity index (χ4n) is 4.33. The first-order chi connectivity index (χ1) is 15.3. The molecule has 2 aliphatic rings. The highest BCUT2D eigenvalue weighted by Crippen LogP contribution is 2.30. The lowest BCUT2D eigenvalue weighted by molar-refractivity contribution is -0.138. The van der Waals surface area contributed by atoms with Crippen molar-refractivity contribution in [3.05, 3.63) is 48.2 Å². The van der Waals surface area contributed by atoms with Crippen LogP contribution in [0.4, 0.5) is 24.7 Å². The Morgan fingerprint density at radius 1 is 0.938 bits per heavy atom. The summed E-state index contributed by atoms with van der Waals surface area (Å²) in [5.41, 5.74) is 0.371. The molecular formula is C23H27F3N4O2. The average Bonchev–Trinajstić information content (AvgIpc) is 2.83. The van der Waals surface area contributed by atoms with Crippen LogP contribution >= 0.6 is 0 Å². The monoisotopic (exact) mass is 448 g/mol. The summed E-state index contributed by atoms with van der Waals surface area (Å²) >= 11 is 0. The van der Waals surface area contributed by atoms with E-state index in [9.17, 15) is 18.0 Å². The van der Waals surface area contributed by atoms with Gasteiger partial charge < -0.3 is 19.4 Å². The van der Waals surface area contributed by atoms with E-state index < -0.39 is 11.7 Å². The molecule has 2 aliphatic heterocycles. The van der Waals surface area contributed by atoms with Gasteiger partial charge in [0.15, 0.2) is 0 Å².